The number of rotatable bonds is 3. The van der Waals surface area contributed by atoms with Crippen molar-refractivity contribution in [2.75, 3.05) is 0 Å². The summed E-state index contributed by atoms with van der Waals surface area (Å²) in [5.74, 6) is 0. The summed E-state index contributed by atoms with van der Waals surface area (Å²) in [5.41, 5.74) is -5.94. The Bertz CT molecular complexity index is 4820. The van der Waals surface area contributed by atoms with E-state index < -0.39 is 290 Å². The first-order chi connectivity index (χ1) is 37.8. The molecule has 10 aromatic carbocycles. The highest BCUT2D eigenvalue weighted by Gasteiger charge is 2.19. The molecule has 1 aromatic heterocycles. The van der Waals surface area contributed by atoms with Gasteiger partial charge in [0.1, 0.15) is 11.2 Å². The van der Waals surface area contributed by atoms with Gasteiger partial charge in [-0.15, -0.1) is 0 Å². The van der Waals surface area contributed by atoms with Crippen LogP contribution in [-0.4, -0.2) is 0 Å². The van der Waals surface area contributed by atoms with Crippen LogP contribution < -0.4 is 0 Å². The Kier molecular flexibility index (Phi) is 2.50. The normalized spacial score (nSPS) is 20.2. The van der Waals surface area contributed by atoms with E-state index in [9.17, 15) is 15.1 Å². The molecule has 51 heavy (non-hydrogen) atoms. The van der Waals surface area contributed by atoms with Gasteiger partial charge in [0.05, 0.1) is 41.1 Å². The molecule has 0 aliphatic carbocycles. The van der Waals surface area contributed by atoms with Crippen LogP contribution in [0.15, 0.2) is 186 Å². The third-order valence-electron chi connectivity index (χ3n) is 8.62. The summed E-state index contributed by atoms with van der Waals surface area (Å²) < 4.78 is 279. The third kappa shape index (κ3) is 4.16. The Hall–Kier alpha value is -6.70. The van der Waals surface area contributed by atoms with Gasteiger partial charge in [0, 0.05) is 16.2 Å². The van der Waals surface area contributed by atoms with Gasteiger partial charge < -0.3 is 4.42 Å². The van der Waals surface area contributed by atoms with Crippen molar-refractivity contribution in [2.24, 2.45) is 0 Å². The van der Waals surface area contributed by atoms with Gasteiger partial charge in [-0.3, -0.25) is 0 Å². The molecule has 0 unspecified atom stereocenters. The van der Waals surface area contributed by atoms with E-state index in [0.717, 1.165) is 0 Å². The van der Waals surface area contributed by atoms with Crippen molar-refractivity contribution in [3.05, 3.63) is 181 Å². The summed E-state index contributed by atoms with van der Waals surface area (Å²) in [4.78, 5) is 0. The van der Waals surface area contributed by atoms with Crippen LogP contribution in [0.25, 0.3) is 109 Å². The Balaban J connectivity index is 1.38. The summed E-state index contributed by atoms with van der Waals surface area (Å²) >= 11 is 0. The molecule has 11 rings (SSSR count). The molecule has 0 N–H and O–H groups in total. The van der Waals surface area contributed by atoms with Crippen molar-refractivity contribution >= 4 is 75.8 Å². The molecule has 0 bridgehead atoms. The van der Waals surface area contributed by atoms with Crippen LogP contribution in [0.5, 0.6) is 0 Å². The zero-order valence-corrected chi connectivity index (χ0v) is 25.4. The molecule has 0 amide bonds. The molecular formula is C50H30O. The lowest BCUT2D eigenvalue weighted by Gasteiger charge is -2.19. The van der Waals surface area contributed by atoms with E-state index in [1.165, 1.54) is 0 Å². The number of hydrogen-bond donors (Lipinski definition) is 0. The molecule has 0 aliphatic rings. The van der Waals surface area contributed by atoms with Crippen LogP contribution >= 0.6 is 0 Å². The molecule has 0 atom stereocenters. The minimum absolute atomic E-state index is 0.441. The Morgan fingerprint density at radius 2 is 0.824 bits per heavy atom. The first-order valence-electron chi connectivity index (χ1n) is 30.2. The van der Waals surface area contributed by atoms with Gasteiger partial charge in [0.25, 0.3) is 0 Å². The molecule has 0 saturated carbocycles. The number of benzene rings is 10. The first kappa shape index (κ1) is 11.7. The monoisotopic (exact) mass is 676 g/mol. The fourth-order valence-corrected chi connectivity index (χ4v) is 6.47. The molecule has 1 nitrogen and oxygen atoms in total. The maximum Gasteiger partial charge on any atom is 0.143 e. The third-order valence-corrected chi connectivity index (χ3v) is 8.62. The van der Waals surface area contributed by atoms with Crippen LogP contribution in [0.2, 0.25) is 0 Å². The largest absolute Gasteiger partial charge is 0.455 e. The molecular weight excluding hydrogens is 617 g/mol. The van der Waals surface area contributed by atoms with Crippen molar-refractivity contribution < 1.29 is 45.5 Å². The van der Waals surface area contributed by atoms with Crippen molar-refractivity contribution in [3.63, 3.8) is 0 Å². The van der Waals surface area contributed by atoms with E-state index in [1.807, 2.05) is 0 Å². The van der Waals surface area contributed by atoms with Gasteiger partial charge in [-0.2, -0.15) is 0 Å². The molecule has 0 fully saturated rings. The molecule has 1 heteroatoms. The maximum absolute atomic E-state index is 9.76. The fourth-order valence-electron chi connectivity index (χ4n) is 6.47. The van der Waals surface area contributed by atoms with Gasteiger partial charge >= 0.3 is 0 Å². The van der Waals surface area contributed by atoms with Crippen molar-refractivity contribution in [2.45, 2.75) is 0 Å². The van der Waals surface area contributed by atoms with Gasteiger partial charge in [-0.1, -0.05) is 169 Å². The standard InChI is InChI=1S/C50H30O/c1-3-13-35-31(11-1)27-29-39-38(35)20-9-21-40(39)48-43-17-7-5-15-41(43)47(42-16-6-8-18-44(42)48)34-25-23-33(24-26-34)36-19-10-22-46-49(36)45-30-28-32-12-2-4-14-37(32)50(45)51-46/h1-30H/i1D,2D,3D,4D,5D,6D,7D,8D,9D,10D,11D,12D,13D,14D,15D,16D,17D,18D,19D,20D,21D,22D,23D,24D,25D,26D,27D,28D,29D,30D. The van der Waals surface area contributed by atoms with Crippen LogP contribution in [0.4, 0.5) is 0 Å². The van der Waals surface area contributed by atoms with Gasteiger partial charge in [0.2, 0.25) is 0 Å². The lowest BCUT2D eigenvalue weighted by atomic mass is 9.84. The Labute approximate surface area is 336 Å². The van der Waals surface area contributed by atoms with Gasteiger partial charge in [0.15, 0.2) is 0 Å². The predicted octanol–water partition coefficient (Wildman–Crippen LogP) is 14.4. The van der Waals surface area contributed by atoms with Gasteiger partial charge in [-0.25, -0.2) is 0 Å². The van der Waals surface area contributed by atoms with Crippen LogP contribution in [0, 0.1) is 0 Å². The highest BCUT2D eigenvalue weighted by atomic mass is 16.3. The van der Waals surface area contributed by atoms with Crippen molar-refractivity contribution in [1.29, 1.82) is 0 Å². The average Bonchev–Trinajstić information content (AvgIpc) is 3.22. The maximum atomic E-state index is 9.76. The quantitative estimate of drug-likeness (QED) is 0.134. The van der Waals surface area contributed by atoms with Crippen molar-refractivity contribution in [1.82, 2.24) is 0 Å². The smallest absolute Gasteiger partial charge is 0.143 e. The minimum atomic E-state index is -1.14. The second kappa shape index (κ2) is 10.9. The van der Waals surface area contributed by atoms with E-state index in [1.54, 1.807) is 0 Å². The molecule has 0 aliphatic heterocycles. The molecule has 11 aromatic rings. The zero-order chi connectivity index (χ0) is 59.6. The fraction of sp³-hybridized carbons (Fsp3) is 0. The molecule has 0 spiro atoms. The SMILES string of the molecule is [2H]c1c([2H])c(-c2c([2H])c([2H])c([2H])c3oc4c5c([2H])c([2H])c([2H])c([2H])c5c([2H])c([2H])c4c23)c([2H])c([2H])c1-c1c2c([2H])c([2H])c([2H])c([2H])c2c(-c2c([2H])c([2H])c([2H])c3c2c([2H])c([2H])c2c([2H])c([2H])c([2H])c([2H])c23)c2c([2H])c([2H])c([2H])c([2H])c12. The number of fused-ring (bicyclic) bond motifs is 10. The predicted molar refractivity (Wildman–Crippen MR) is 218 cm³/mol. The second-order valence-electron chi connectivity index (χ2n) is 11.3. The minimum Gasteiger partial charge on any atom is -0.455 e. The van der Waals surface area contributed by atoms with Gasteiger partial charge in [-0.05, 0) is 93.9 Å². The topological polar surface area (TPSA) is 13.1 Å². The van der Waals surface area contributed by atoms with E-state index in [2.05, 4.69) is 0 Å². The average molecular weight is 677 g/mol. The summed E-state index contributed by atoms with van der Waals surface area (Å²) in [6, 6.07) is -28.2. The Morgan fingerprint density at radius 1 is 0.314 bits per heavy atom. The van der Waals surface area contributed by atoms with Crippen LogP contribution in [0.1, 0.15) is 41.1 Å². The molecule has 0 saturated heterocycles. The summed E-state index contributed by atoms with van der Waals surface area (Å²) in [6.45, 7) is 0. The molecule has 1 heterocycles. The zero-order valence-electron chi connectivity index (χ0n) is 55.4. The van der Waals surface area contributed by atoms with Crippen LogP contribution in [0.3, 0.4) is 0 Å². The summed E-state index contributed by atoms with van der Waals surface area (Å²) in [6.07, 6.45) is 0. The molecule has 236 valence electrons. The first-order valence-corrected chi connectivity index (χ1v) is 15.2. The van der Waals surface area contributed by atoms with E-state index >= 15 is 0 Å². The van der Waals surface area contributed by atoms with E-state index in [-0.39, 0.29) is 0 Å². The van der Waals surface area contributed by atoms with Crippen LogP contribution in [-0.2, 0) is 0 Å². The van der Waals surface area contributed by atoms with Crippen molar-refractivity contribution in [3.8, 4) is 33.4 Å². The highest BCUT2D eigenvalue weighted by molar-refractivity contribution is 6.25. The van der Waals surface area contributed by atoms with E-state index in [0.29, 0.717) is 0 Å². The second-order valence-corrected chi connectivity index (χ2v) is 11.3. The Morgan fingerprint density at radius 3 is 1.53 bits per heavy atom. The molecule has 0 radical (unpaired) electrons. The van der Waals surface area contributed by atoms with E-state index in [4.69, 9.17) is 30.5 Å². The highest BCUT2D eigenvalue weighted by Crippen LogP contribution is 2.46. The number of furan rings is 1. The summed E-state index contributed by atoms with van der Waals surface area (Å²) in [5, 5.41) is -7.53. The lowest BCUT2D eigenvalue weighted by molar-refractivity contribution is 0.673. The lowest BCUT2D eigenvalue weighted by Crippen LogP contribution is -1.92. The summed E-state index contributed by atoms with van der Waals surface area (Å²) in [7, 11) is 0. The number of hydrogen-bond acceptors (Lipinski definition) is 1.